The van der Waals surface area contributed by atoms with Gasteiger partial charge in [0.1, 0.15) is 0 Å². The highest BCUT2D eigenvalue weighted by Gasteiger charge is 1.55. The molecular formula is C2H7BS. The molecule has 0 nitrogen and oxygen atoms in total. The van der Waals surface area contributed by atoms with Crippen molar-refractivity contribution in [3.8, 4) is 0 Å². The van der Waals surface area contributed by atoms with Crippen LogP contribution in [0.4, 0.5) is 0 Å². The molecule has 0 unspecified atom stereocenters. The summed E-state index contributed by atoms with van der Waals surface area (Å²) >= 11 is 1.86. The zero-order chi connectivity index (χ0) is 3.41. The summed E-state index contributed by atoms with van der Waals surface area (Å²) in [6.45, 7) is 2.14. The Kier molecular flexibility index (Phi) is 3.77. The fraction of sp³-hybridized carbons (Fsp3) is 1.00. The zero-order valence-corrected chi connectivity index (χ0v) is 3.93. The predicted molar refractivity (Wildman–Crippen MR) is 26.7 cm³/mol. The SMILES string of the molecule is BSCC. The quantitative estimate of drug-likeness (QED) is 0.403. The topological polar surface area (TPSA) is 0 Å². The molecule has 0 N–H and O–H groups in total. The summed E-state index contributed by atoms with van der Waals surface area (Å²) in [4.78, 5) is 0. The Hall–Kier alpha value is 0.415. The number of hydrogen-bond acceptors (Lipinski definition) is 1. The molecule has 0 spiro atoms. The van der Waals surface area contributed by atoms with Crippen LogP contribution in [0.25, 0.3) is 0 Å². The molecule has 0 saturated carbocycles. The van der Waals surface area contributed by atoms with Crippen LogP contribution in [0.5, 0.6) is 0 Å². The molecule has 0 fully saturated rings. The second-order valence-corrected chi connectivity index (χ2v) is 1.73. The molecule has 0 aromatic rings. The standard InChI is InChI=1S/C2H7BS/c1-2-4-3/h2-3H2,1H3. The first-order chi connectivity index (χ1) is 1.91. The Labute approximate surface area is 32.3 Å². The Morgan fingerprint density at radius 1 is 2.00 bits per heavy atom. The smallest absolute Gasteiger partial charge is 0.173 e. The summed E-state index contributed by atoms with van der Waals surface area (Å²) < 4.78 is 0. The summed E-state index contributed by atoms with van der Waals surface area (Å²) in [7, 11) is 2.10. The summed E-state index contributed by atoms with van der Waals surface area (Å²) in [6, 6.07) is 0. The van der Waals surface area contributed by atoms with Gasteiger partial charge in [0.2, 0.25) is 0 Å². The van der Waals surface area contributed by atoms with Crippen LogP contribution in [0.1, 0.15) is 6.92 Å². The van der Waals surface area contributed by atoms with E-state index in [1.165, 1.54) is 5.75 Å². The van der Waals surface area contributed by atoms with Gasteiger partial charge in [0, 0.05) is 0 Å². The van der Waals surface area contributed by atoms with Crippen molar-refractivity contribution in [2.45, 2.75) is 6.92 Å². The van der Waals surface area contributed by atoms with E-state index >= 15 is 0 Å². The zero-order valence-electron chi connectivity index (χ0n) is 3.12. The molecule has 0 aromatic heterocycles. The van der Waals surface area contributed by atoms with Crippen LogP contribution in [-0.4, -0.2) is 12.9 Å². The van der Waals surface area contributed by atoms with Crippen molar-refractivity contribution in [2.75, 3.05) is 5.75 Å². The maximum absolute atomic E-state index is 2.14. The molecule has 4 heavy (non-hydrogen) atoms. The van der Waals surface area contributed by atoms with Gasteiger partial charge in [-0.15, -0.1) is 0 Å². The van der Waals surface area contributed by atoms with Crippen LogP contribution >= 0.6 is 11.6 Å². The summed E-state index contributed by atoms with van der Waals surface area (Å²) in [5.74, 6) is 1.24. The Balaban J connectivity index is 1.97. The molecule has 0 aromatic carbocycles. The molecule has 0 aliphatic rings. The van der Waals surface area contributed by atoms with Crippen LogP contribution in [0.3, 0.4) is 0 Å². The van der Waals surface area contributed by atoms with E-state index in [1.807, 2.05) is 11.6 Å². The minimum absolute atomic E-state index is 1.24. The van der Waals surface area contributed by atoms with Gasteiger partial charge < -0.3 is 0 Å². The van der Waals surface area contributed by atoms with E-state index in [4.69, 9.17) is 0 Å². The molecule has 0 aliphatic carbocycles. The van der Waals surface area contributed by atoms with Gasteiger partial charge in [0.15, 0.2) is 7.12 Å². The van der Waals surface area contributed by atoms with Gasteiger partial charge in [-0.25, -0.2) is 11.6 Å². The lowest BCUT2D eigenvalue weighted by Gasteiger charge is -1.69. The molecule has 0 bridgehead atoms. The molecule has 2 heteroatoms. The maximum Gasteiger partial charge on any atom is 0.173 e. The fourth-order valence-electron chi connectivity index (χ4n) is 0. The average Bonchev–Trinajstić information content (AvgIpc) is 1.37. The van der Waals surface area contributed by atoms with E-state index in [-0.39, 0.29) is 0 Å². The Bertz CT molecular complexity index is 8.00. The minimum Gasteiger partial charge on any atom is -0.220 e. The third kappa shape index (κ3) is 2.41. The van der Waals surface area contributed by atoms with E-state index in [1.54, 1.807) is 0 Å². The van der Waals surface area contributed by atoms with Crippen molar-refractivity contribution in [3.05, 3.63) is 0 Å². The second kappa shape index (κ2) is 3.41. The summed E-state index contributed by atoms with van der Waals surface area (Å²) in [5.41, 5.74) is 0. The number of hydrogen-bond donors (Lipinski definition) is 0. The van der Waals surface area contributed by atoms with Gasteiger partial charge in [-0.3, -0.25) is 0 Å². The van der Waals surface area contributed by atoms with Crippen LogP contribution in [-0.2, 0) is 0 Å². The highest BCUT2D eigenvalue weighted by molar-refractivity contribution is 8.19. The molecule has 0 atom stereocenters. The third-order valence-corrected chi connectivity index (χ3v) is 0.866. The predicted octanol–water partition coefficient (Wildman–Crippen LogP) is 0.288. The molecular weight excluding hydrogens is 66.9 g/mol. The van der Waals surface area contributed by atoms with Crippen molar-refractivity contribution in [1.29, 1.82) is 0 Å². The van der Waals surface area contributed by atoms with E-state index in [0.717, 1.165) is 0 Å². The number of rotatable bonds is 1. The highest BCUT2D eigenvalue weighted by atomic mass is 32.2. The first kappa shape index (κ1) is 4.41. The Morgan fingerprint density at radius 3 is 2.25 bits per heavy atom. The van der Waals surface area contributed by atoms with Crippen molar-refractivity contribution >= 4 is 18.7 Å². The monoisotopic (exact) mass is 74.0 g/mol. The normalized spacial score (nSPS) is 7.25. The van der Waals surface area contributed by atoms with Gasteiger partial charge in [0.05, 0.1) is 0 Å². The summed E-state index contributed by atoms with van der Waals surface area (Å²) in [5, 5.41) is 0. The van der Waals surface area contributed by atoms with Crippen LogP contribution in [0, 0.1) is 0 Å². The van der Waals surface area contributed by atoms with Gasteiger partial charge in [0.25, 0.3) is 0 Å². The molecule has 0 rings (SSSR count). The first-order valence-corrected chi connectivity index (χ1v) is 2.80. The van der Waals surface area contributed by atoms with Gasteiger partial charge in [-0.2, -0.15) is 0 Å². The maximum atomic E-state index is 2.14. The van der Waals surface area contributed by atoms with Crippen molar-refractivity contribution in [3.63, 3.8) is 0 Å². The molecule has 0 saturated heterocycles. The van der Waals surface area contributed by atoms with E-state index in [2.05, 4.69) is 14.0 Å². The largest absolute Gasteiger partial charge is 0.220 e. The lowest BCUT2D eigenvalue weighted by atomic mass is 10.8. The average molecular weight is 74.0 g/mol. The van der Waals surface area contributed by atoms with Crippen molar-refractivity contribution < 1.29 is 0 Å². The van der Waals surface area contributed by atoms with Gasteiger partial charge in [-0.05, 0) is 5.75 Å². The first-order valence-electron chi connectivity index (χ1n) is 1.40. The van der Waals surface area contributed by atoms with Crippen LogP contribution in [0.15, 0.2) is 0 Å². The van der Waals surface area contributed by atoms with E-state index in [0.29, 0.717) is 0 Å². The van der Waals surface area contributed by atoms with Crippen molar-refractivity contribution in [1.82, 2.24) is 0 Å². The molecule has 0 aliphatic heterocycles. The Morgan fingerprint density at radius 2 is 2.25 bits per heavy atom. The van der Waals surface area contributed by atoms with Gasteiger partial charge in [-0.1, -0.05) is 6.92 Å². The van der Waals surface area contributed by atoms with Crippen LogP contribution < -0.4 is 0 Å². The van der Waals surface area contributed by atoms with E-state index < -0.39 is 0 Å². The minimum atomic E-state index is 1.24. The lowest BCUT2D eigenvalue weighted by molar-refractivity contribution is 1.54. The van der Waals surface area contributed by atoms with E-state index in [9.17, 15) is 0 Å². The van der Waals surface area contributed by atoms with Gasteiger partial charge >= 0.3 is 0 Å². The lowest BCUT2D eigenvalue weighted by Crippen LogP contribution is -1.54. The molecule has 24 valence electrons. The summed E-state index contributed by atoms with van der Waals surface area (Å²) in [6.07, 6.45) is 0. The molecule has 0 heterocycles. The fourth-order valence-corrected chi connectivity index (χ4v) is 0. The second-order valence-electron chi connectivity index (χ2n) is 0.577. The van der Waals surface area contributed by atoms with Crippen LogP contribution in [0.2, 0.25) is 0 Å². The molecule has 0 amide bonds. The third-order valence-electron chi connectivity index (χ3n) is 0.289. The molecule has 0 radical (unpaired) electrons. The highest BCUT2D eigenvalue weighted by Crippen LogP contribution is 1.81. The van der Waals surface area contributed by atoms with Crippen molar-refractivity contribution in [2.24, 2.45) is 0 Å².